The largest absolute Gasteiger partial charge is 0.469 e. The van der Waals surface area contributed by atoms with E-state index >= 15 is 0 Å². The van der Waals surface area contributed by atoms with E-state index in [-0.39, 0.29) is 19.4 Å². The van der Waals surface area contributed by atoms with Crippen molar-refractivity contribution in [2.75, 3.05) is 13.2 Å². The topological polar surface area (TPSA) is 119 Å². The van der Waals surface area contributed by atoms with Crippen LogP contribution in [-0.2, 0) is 28.2 Å². The highest BCUT2D eigenvalue weighted by atomic mass is 31.2. The normalized spacial score (nSPS) is 12.4. The maximum atomic E-state index is 12.5. The van der Waals surface area contributed by atoms with Crippen molar-refractivity contribution in [2.24, 2.45) is 0 Å². The second kappa shape index (κ2) is 49.2. The molecule has 0 saturated carbocycles. The Kier molecular flexibility index (Phi) is 48.3. The molecule has 0 heterocycles. The Hall–Kier alpha value is -1.21. The number of unbranched alkanes of at least 4 members (excludes halogenated alkanes) is 39. The van der Waals surface area contributed by atoms with Gasteiger partial charge in [-0.2, -0.15) is 0 Å². The summed E-state index contributed by atoms with van der Waals surface area (Å²) in [5.74, 6) is -0.901. The molecule has 0 aromatic rings. The minimum atomic E-state index is -4.76. The molecule has 9 heteroatoms. The number of allylic oxidation sites excluding steroid dienone is 2. The summed E-state index contributed by atoms with van der Waals surface area (Å²) in [6.45, 7) is 3.73. The monoisotopic (exact) mass is 899 g/mol. The molecule has 62 heavy (non-hydrogen) atoms. The molecule has 0 radical (unpaired) electrons. The quantitative estimate of drug-likeness (QED) is 0.0268. The summed E-state index contributed by atoms with van der Waals surface area (Å²) < 4.78 is 26.5. The van der Waals surface area contributed by atoms with E-state index in [2.05, 4.69) is 30.5 Å². The molecule has 0 saturated heterocycles. The van der Waals surface area contributed by atoms with Crippen LogP contribution in [0.4, 0.5) is 0 Å². The summed E-state index contributed by atoms with van der Waals surface area (Å²) >= 11 is 0. The van der Waals surface area contributed by atoms with Crippen molar-refractivity contribution in [3.05, 3.63) is 12.2 Å². The predicted octanol–water partition coefficient (Wildman–Crippen LogP) is 17.3. The Bertz CT molecular complexity index is 1010. The zero-order chi connectivity index (χ0) is 45.3. The first-order valence-electron chi connectivity index (χ1n) is 27.0. The SMILES string of the molecule is CCCCCCCCCCCCCCCCCCCC/C=C/CCCC(=O)O[C@H](COC(=O)CCCCCCCCCCCCCCCCCCCCCCC)COP(=O)(O)O. The minimum Gasteiger partial charge on any atom is -0.462 e. The van der Waals surface area contributed by atoms with Crippen molar-refractivity contribution in [1.29, 1.82) is 0 Å². The van der Waals surface area contributed by atoms with E-state index in [0.29, 0.717) is 6.42 Å². The Balaban J connectivity index is 3.77. The van der Waals surface area contributed by atoms with Crippen LogP contribution in [0.2, 0.25) is 0 Å². The number of esters is 2. The average Bonchev–Trinajstić information content (AvgIpc) is 3.25. The van der Waals surface area contributed by atoms with Crippen LogP contribution in [0.3, 0.4) is 0 Å². The molecule has 0 aliphatic rings. The van der Waals surface area contributed by atoms with Crippen molar-refractivity contribution < 1.29 is 37.9 Å². The van der Waals surface area contributed by atoms with Gasteiger partial charge < -0.3 is 19.3 Å². The third-order valence-electron chi connectivity index (χ3n) is 12.3. The van der Waals surface area contributed by atoms with Gasteiger partial charge in [-0.1, -0.05) is 264 Å². The predicted molar refractivity (Wildman–Crippen MR) is 262 cm³/mol. The van der Waals surface area contributed by atoms with Gasteiger partial charge in [0.15, 0.2) is 6.10 Å². The molecule has 0 aliphatic heterocycles. The van der Waals surface area contributed by atoms with Gasteiger partial charge in [0.2, 0.25) is 0 Å². The van der Waals surface area contributed by atoms with E-state index in [0.717, 1.165) is 32.1 Å². The Morgan fingerprint density at radius 1 is 0.403 bits per heavy atom. The fourth-order valence-corrected chi connectivity index (χ4v) is 8.62. The first-order valence-corrected chi connectivity index (χ1v) is 28.5. The van der Waals surface area contributed by atoms with Crippen LogP contribution in [0.5, 0.6) is 0 Å². The van der Waals surface area contributed by atoms with Gasteiger partial charge in [-0.25, -0.2) is 4.57 Å². The average molecular weight is 899 g/mol. The van der Waals surface area contributed by atoms with Crippen LogP contribution in [0.1, 0.15) is 296 Å². The molecule has 1 atom stereocenters. The van der Waals surface area contributed by atoms with E-state index in [1.165, 1.54) is 231 Å². The van der Waals surface area contributed by atoms with Gasteiger partial charge in [-0.15, -0.1) is 0 Å². The molecule has 8 nitrogen and oxygen atoms in total. The zero-order valence-corrected chi connectivity index (χ0v) is 41.9. The second-order valence-electron chi connectivity index (χ2n) is 18.6. The van der Waals surface area contributed by atoms with Gasteiger partial charge in [0, 0.05) is 12.8 Å². The molecule has 0 aliphatic carbocycles. The standard InChI is InChI=1S/C53H103O8P/c1-3-5-7-9-11-13-15-17-19-21-23-25-26-28-30-32-34-36-38-40-42-44-46-48-53(55)61-51(50-60-62(56,57)58)49-59-52(54)47-45-43-41-39-37-35-33-31-29-27-24-22-20-18-16-14-12-10-8-6-4-2/h40,42,51H,3-39,41,43-50H2,1-2H3,(H2,56,57,58)/b42-40+/t51-/m1/s1. The Labute approximate surface area is 384 Å². The van der Waals surface area contributed by atoms with Gasteiger partial charge in [-0.3, -0.25) is 14.1 Å². The van der Waals surface area contributed by atoms with Crippen LogP contribution in [-0.4, -0.2) is 41.0 Å². The summed E-state index contributed by atoms with van der Waals surface area (Å²) in [6, 6.07) is 0. The fourth-order valence-electron chi connectivity index (χ4n) is 8.26. The smallest absolute Gasteiger partial charge is 0.462 e. The lowest BCUT2D eigenvalue weighted by Gasteiger charge is -2.18. The van der Waals surface area contributed by atoms with Gasteiger partial charge in [0.1, 0.15) is 6.61 Å². The maximum absolute atomic E-state index is 12.5. The number of hydrogen-bond donors (Lipinski definition) is 2. The van der Waals surface area contributed by atoms with E-state index in [1.807, 2.05) is 0 Å². The molecule has 0 aromatic heterocycles. The highest BCUT2D eigenvalue weighted by Gasteiger charge is 2.23. The second-order valence-corrected chi connectivity index (χ2v) is 19.8. The molecule has 0 spiro atoms. The molecule has 0 fully saturated rings. The number of phosphoric acid groups is 1. The molecular formula is C53H103O8P. The molecule has 368 valence electrons. The van der Waals surface area contributed by atoms with E-state index in [4.69, 9.17) is 19.3 Å². The summed E-state index contributed by atoms with van der Waals surface area (Å²) in [5, 5.41) is 0. The van der Waals surface area contributed by atoms with Crippen LogP contribution in [0.15, 0.2) is 12.2 Å². The van der Waals surface area contributed by atoms with Crippen LogP contribution in [0, 0.1) is 0 Å². The molecular weight excluding hydrogens is 796 g/mol. The van der Waals surface area contributed by atoms with Crippen LogP contribution in [0.25, 0.3) is 0 Å². The highest BCUT2D eigenvalue weighted by molar-refractivity contribution is 7.46. The molecule has 0 bridgehead atoms. The van der Waals surface area contributed by atoms with Crippen molar-refractivity contribution >= 4 is 19.8 Å². The number of carbonyl (C=O) groups excluding carboxylic acids is 2. The lowest BCUT2D eigenvalue weighted by molar-refractivity contribution is -0.161. The summed E-state index contributed by atoms with van der Waals surface area (Å²) in [4.78, 5) is 43.1. The summed E-state index contributed by atoms with van der Waals surface area (Å²) in [6.07, 6.45) is 58.2. The molecule has 0 amide bonds. The fraction of sp³-hybridized carbons (Fsp3) is 0.925. The first kappa shape index (κ1) is 60.8. The molecule has 2 N–H and O–H groups in total. The Morgan fingerprint density at radius 2 is 0.694 bits per heavy atom. The molecule has 0 rings (SSSR count). The highest BCUT2D eigenvalue weighted by Crippen LogP contribution is 2.36. The summed E-state index contributed by atoms with van der Waals surface area (Å²) in [5.41, 5.74) is 0. The zero-order valence-electron chi connectivity index (χ0n) is 41.1. The van der Waals surface area contributed by atoms with E-state index in [9.17, 15) is 14.2 Å². The Morgan fingerprint density at radius 3 is 1.03 bits per heavy atom. The van der Waals surface area contributed by atoms with Gasteiger partial charge in [0.25, 0.3) is 0 Å². The van der Waals surface area contributed by atoms with Crippen molar-refractivity contribution in [1.82, 2.24) is 0 Å². The van der Waals surface area contributed by atoms with E-state index in [1.54, 1.807) is 0 Å². The van der Waals surface area contributed by atoms with Gasteiger partial charge in [-0.05, 0) is 32.1 Å². The molecule has 0 unspecified atom stereocenters. The number of ether oxygens (including phenoxy) is 2. The van der Waals surface area contributed by atoms with Gasteiger partial charge >= 0.3 is 19.8 Å². The van der Waals surface area contributed by atoms with Crippen LogP contribution >= 0.6 is 7.82 Å². The first-order chi connectivity index (χ1) is 30.3. The van der Waals surface area contributed by atoms with Crippen LogP contribution < -0.4 is 0 Å². The minimum absolute atomic E-state index is 0.170. The van der Waals surface area contributed by atoms with Crippen molar-refractivity contribution in [3.8, 4) is 0 Å². The lowest BCUT2D eigenvalue weighted by Crippen LogP contribution is -2.29. The number of carbonyl (C=O) groups is 2. The van der Waals surface area contributed by atoms with Gasteiger partial charge in [0.05, 0.1) is 6.61 Å². The third kappa shape index (κ3) is 51.4. The summed E-state index contributed by atoms with van der Waals surface area (Å²) in [7, 11) is -4.76. The van der Waals surface area contributed by atoms with Crippen molar-refractivity contribution in [2.45, 2.75) is 302 Å². The number of phosphoric ester groups is 1. The maximum Gasteiger partial charge on any atom is 0.469 e. The number of rotatable bonds is 51. The molecule has 0 aromatic carbocycles. The van der Waals surface area contributed by atoms with E-state index < -0.39 is 32.5 Å². The number of hydrogen-bond acceptors (Lipinski definition) is 6. The lowest BCUT2D eigenvalue weighted by atomic mass is 10.0. The third-order valence-corrected chi connectivity index (χ3v) is 12.8. The van der Waals surface area contributed by atoms with Crippen molar-refractivity contribution in [3.63, 3.8) is 0 Å².